The maximum atomic E-state index is 12.3. The molecule has 1 aromatic rings. The molecule has 2 unspecified atom stereocenters. The van der Waals surface area contributed by atoms with E-state index in [0.717, 1.165) is 12.2 Å². The standard InChI is InChI=1S/C15H22N2O2S/c1-3-20-14-6-4-5-13(14)17-15(18)11-8-7-10(19-2)9-12(11)16/h7-9,13-14H,3-6,16H2,1-2H3,(H,17,18). The van der Waals surface area contributed by atoms with Crippen molar-refractivity contribution in [2.45, 2.75) is 37.5 Å². The molecule has 1 fully saturated rings. The van der Waals surface area contributed by atoms with Crippen LogP contribution in [-0.2, 0) is 0 Å². The number of anilines is 1. The fourth-order valence-corrected chi connectivity index (χ4v) is 3.82. The van der Waals surface area contributed by atoms with Crippen LogP contribution < -0.4 is 15.8 Å². The highest BCUT2D eigenvalue weighted by atomic mass is 32.2. The molecule has 5 heteroatoms. The highest BCUT2D eigenvalue weighted by Gasteiger charge is 2.29. The topological polar surface area (TPSA) is 64.3 Å². The van der Waals surface area contributed by atoms with Crippen molar-refractivity contribution in [2.24, 2.45) is 0 Å². The van der Waals surface area contributed by atoms with Gasteiger partial charge in [0, 0.05) is 23.0 Å². The van der Waals surface area contributed by atoms with Gasteiger partial charge in [-0.3, -0.25) is 4.79 Å². The molecule has 2 atom stereocenters. The molecule has 1 aliphatic rings. The number of nitrogens with two attached hydrogens (primary N) is 1. The number of carbonyl (C=O) groups excluding carboxylic acids is 1. The van der Waals surface area contributed by atoms with Crippen LogP contribution in [-0.4, -0.2) is 30.1 Å². The molecular formula is C15H22N2O2S. The molecule has 2 rings (SSSR count). The van der Waals surface area contributed by atoms with Crippen molar-refractivity contribution in [2.75, 3.05) is 18.6 Å². The number of rotatable bonds is 5. The number of hydrogen-bond acceptors (Lipinski definition) is 4. The Kier molecular flexibility index (Phi) is 5.17. The normalized spacial score (nSPS) is 21.7. The molecular weight excluding hydrogens is 272 g/mol. The van der Waals surface area contributed by atoms with Crippen LogP contribution in [0.1, 0.15) is 36.5 Å². The van der Waals surface area contributed by atoms with Crippen molar-refractivity contribution in [1.29, 1.82) is 0 Å². The first-order chi connectivity index (χ1) is 9.65. The van der Waals surface area contributed by atoms with E-state index in [0.29, 0.717) is 22.3 Å². The summed E-state index contributed by atoms with van der Waals surface area (Å²) in [5, 5.41) is 3.66. The van der Waals surface area contributed by atoms with Crippen LogP contribution in [0, 0.1) is 0 Å². The molecule has 3 N–H and O–H groups in total. The summed E-state index contributed by atoms with van der Waals surface area (Å²) in [5.41, 5.74) is 6.90. The summed E-state index contributed by atoms with van der Waals surface area (Å²) in [4.78, 5) is 12.3. The van der Waals surface area contributed by atoms with E-state index in [2.05, 4.69) is 12.2 Å². The molecule has 0 bridgehead atoms. The summed E-state index contributed by atoms with van der Waals surface area (Å²) < 4.78 is 5.10. The highest BCUT2D eigenvalue weighted by molar-refractivity contribution is 7.99. The van der Waals surface area contributed by atoms with E-state index in [1.165, 1.54) is 12.8 Å². The number of methoxy groups -OCH3 is 1. The van der Waals surface area contributed by atoms with Gasteiger partial charge in [0.05, 0.1) is 12.7 Å². The molecule has 0 heterocycles. The second kappa shape index (κ2) is 6.88. The maximum Gasteiger partial charge on any atom is 0.253 e. The van der Waals surface area contributed by atoms with Crippen molar-refractivity contribution in [1.82, 2.24) is 5.32 Å². The lowest BCUT2D eigenvalue weighted by atomic mass is 10.1. The first-order valence-electron chi connectivity index (χ1n) is 7.01. The summed E-state index contributed by atoms with van der Waals surface area (Å²) in [7, 11) is 1.58. The van der Waals surface area contributed by atoms with Gasteiger partial charge in [-0.1, -0.05) is 13.3 Å². The van der Waals surface area contributed by atoms with E-state index in [9.17, 15) is 4.79 Å². The van der Waals surface area contributed by atoms with E-state index in [1.54, 1.807) is 25.3 Å². The number of hydrogen-bond donors (Lipinski definition) is 2. The Bertz CT molecular complexity index is 479. The van der Waals surface area contributed by atoms with Gasteiger partial charge in [0.2, 0.25) is 0 Å². The largest absolute Gasteiger partial charge is 0.497 e. The number of benzene rings is 1. The molecule has 0 saturated heterocycles. The quantitative estimate of drug-likeness (QED) is 0.820. The molecule has 1 aliphatic carbocycles. The van der Waals surface area contributed by atoms with Gasteiger partial charge in [-0.2, -0.15) is 11.8 Å². The molecule has 1 saturated carbocycles. The Morgan fingerprint density at radius 2 is 2.30 bits per heavy atom. The number of nitrogens with one attached hydrogen (secondary N) is 1. The summed E-state index contributed by atoms with van der Waals surface area (Å²) in [6, 6.07) is 5.43. The third kappa shape index (κ3) is 3.39. The van der Waals surface area contributed by atoms with Crippen LogP contribution >= 0.6 is 11.8 Å². The summed E-state index contributed by atoms with van der Waals surface area (Å²) >= 11 is 1.93. The van der Waals surface area contributed by atoms with E-state index in [1.807, 2.05) is 11.8 Å². The number of thioether (sulfide) groups is 1. The maximum absolute atomic E-state index is 12.3. The van der Waals surface area contributed by atoms with E-state index in [-0.39, 0.29) is 11.9 Å². The molecule has 110 valence electrons. The fraction of sp³-hybridized carbons (Fsp3) is 0.533. The first kappa shape index (κ1) is 15.0. The average molecular weight is 294 g/mol. The molecule has 1 aromatic carbocycles. The zero-order chi connectivity index (χ0) is 14.5. The smallest absolute Gasteiger partial charge is 0.253 e. The van der Waals surface area contributed by atoms with Crippen molar-refractivity contribution in [3.63, 3.8) is 0 Å². The van der Waals surface area contributed by atoms with Crippen LogP contribution in [0.25, 0.3) is 0 Å². The third-order valence-corrected chi connectivity index (χ3v) is 4.98. The van der Waals surface area contributed by atoms with Gasteiger partial charge in [-0.25, -0.2) is 0 Å². The van der Waals surface area contributed by atoms with Crippen molar-refractivity contribution in [3.05, 3.63) is 23.8 Å². The second-order valence-corrected chi connectivity index (χ2v) is 6.47. The van der Waals surface area contributed by atoms with Crippen molar-refractivity contribution >= 4 is 23.4 Å². The first-order valence-corrected chi connectivity index (χ1v) is 8.06. The molecule has 0 radical (unpaired) electrons. The van der Waals surface area contributed by atoms with Crippen molar-refractivity contribution < 1.29 is 9.53 Å². The Labute approximate surface area is 124 Å². The van der Waals surface area contributed by atoms with Crippen molar-refractivity contribution in [3.8, 4) is 5.75 Å². The lowest BCUT2D eigenvalue weighted by Crippen LogP contribution is -2.39. The summed E-state index contributed by atoms with van der Waals surface area (Å²) in [6.07, 6.45) is 3.42. The lowest BCUT2D eigenvalue weighted by Gasteiger charge is -2.20. The molecule has 1 amide bonds. The average Bonchev–Trinajstić information content (AvgIpc) is 2.86. The molecule has 20 heavy (non-hydrogen) atoms. The summed E-state index contributed by atoms with van der Waals surface area (Å²) in [5.74, 6) is 1.67. The van der Waals surface area contributed by atoms with Crippen LogP contribution in [0.2, 0.25) is 0 Å². The molecule has 0 aromatic heterocycles. The Hall–Kier alpha value is -1.36. The number of amides is 1. The van der Waals surface area contributed by atoms with Gasteiger partial charge in [-0.05, 0) is 30.7 Å². The lowest BCUT2D eigenvalue weighted by molar-refractivity contribution is 0.0939. The zero-order valence-corrected chi connectivity index (χ0v) is 12.8. The number of ether oxygens (including phenoxy) is 1. The minimum absolute atomic E-state index is 0.0845. The second-order valence-electron chi connectivity index (χ2n) is 4.96. The van der Waals surface area contributed by atoms with Gasteiger partial charge in [0.15, 0.2) is 0 Å². The monoisotopic (exact) mass is 294 g/mol. The zero-order valence-electron chi connectivity index (χ0n) is 12.0. The van der Waals surface area contributed by atoms with Crippen LogP contribution in [0.5, 0.6) is 5.75 Å². The third-order valence-electron chi connectivity index (χ3n) is 3.65. The molecule has 0 aliphatic heterocycles. The van der Waals surface area contributed by atoms with Gasteiger partial charge in [0.1, 0.15) is 5.75 Å². The predicted molar refractivity (Wildman–Crippen MR) is 84.4 cm³/mol. The van der Waals surface area contributed by atoms with E-state index in [4.69, 9.17) is 10.5 Å². The van der Waals surface area contributed by atoms with E-state index < -0.39 is 0 Å². The minimum atomic E-state index is -0.0845. The predicted octanol–water partition coefficient (Wildman–Crippen LogP) is 2.68. The Balaban J connectivity index is 2.04. The highest BCUT2D eigenvalue weighted by Crippen LogP contribution is 2.30. The van der Waals surface area contributed by atoms with Gasteiger partial charge in [0.25, 0.3) is 5.91 Å². The van der Waals surface area contributed by atoms with Gasteiger partial charge >= 0.3 is 0 Å². The molecule has 0 spiro atoms. The fourth-order valence-electron chi connectivity index (χ4n) is 2.63. The number of nitrogen functional groups attached to an aromatic ring is 1. The Morgan fingerprint density at radius 1 is 1.50 bits per heavy atom. The van der Waals surface area contributed by atoms with E-state index >= 15 is 0 Å². The van der Waals surface area contributed by atoms with Gasteiger partial charge in [-0.15, -0.1) is 0 Å². The van der Waals surface area contributed by atoms with Crippen LogP contribution in [0.15, 0.2) is 18.2 Å². The van der Waals surface area contributed by atoms with Crippen LogP contribution in [0.3, 0.4) is 0 Å². The number of carbonyl (C=O) groups is 1. The van der Waals surface area contributed by atoms with Gasteiger partial charge < -0.3 is 15.8 Å². The summed E-state index contributed by atoms with van der Waals surface area (Å²) in [6.45, 7) is 2.16. The molecule has 4 nitrogen and oxygen atoms in total. The SMILES string of the molecule is CCSC1CCCC1NC(=O)c1ccc(OC)cc1N. The minimum Gasteiger partial charge on any atom is -0.497 e. The van der Waals surface area contributed by atoms with Crippen LogP contribution in [0.4, 0.5) is 5.69 Å². The Morgan fingerprint density at radius 3 is 2.95 bits per heavy atom.